The third kappa shape index (κ3) is 3.18. The summed E-state index contributed by atoms with van der Waals surface area (Å²) >= 11 is 0. The number of imidazole rings is 1. The quantitative estimate of drug-likeness (QED) is 0.640. The van der Waals surface area contributed by atoms with Crippen LogP contribution >= 0.6 is 0 Å². The summed E-state index contributed by atoms with van der Waals surface area (Å²) in [5, 5.41) is 5.68. The van der Waals surface area contributed by atoms with E-state index in [0.717, 1.165) is 11.3 Å². The second kappa shape index (κ2) is 5.31. The SMILES string of the molecule is NC(=O)NCCNCc1cn2ccccc2n1. The van der Waals surface area contributed by atoms with Crippen LogP contribution in [0.1, 0.15) is 5.69 Å². The minimum absolute atomic E-state index is 0.500. The molecule has 2 rings (SSSR count). The smallest absolute Gasteiger partial charge is 0.312 e. The van der Waals surface area contributed by atoms with E-state index in [-0.39, 0.29) is 0 Å². The van der Waals surface area contributed by atoms with E-state index in [1.54, 1.807) is 0 Å². The molecule has 2 aromatic heterocycles. The van der Waals surface area contributed by atoms with Crippen LogP contribution in [0.25, 0.3) is 5.65 Å². The van der Waals surface area contributed by atoms with E-state index in [4.69, 9.17) is 5.73 Å². The monoisotopic (exact) mass is 233 g/mol. The summed E-state index contributed by atoms with van der Waals surface area (Å²) in [4.78, 5) is 14.9. The number of hydrogen-bond acceptors (Lipinski definition) is 3. The number of nitrogens with one attached hydrogen (secondary N) is 2. The number of nitrogens with zero attached hydrogens (tertiary/aromatic N) is 2. The Morgan fingerprint density at radius 2 is 2.29 bits per heavy atom. The molecule has 0 unspecified atom stereocenters. The summed E-state index contributed by atoms with van der Waals surface area (Å²) in [7, 11) is 0. The molecule has 0 bridgehead atoms. The number of urea groups is 1. The Hall–Kier alpha value is -2.08. The molecule has 6 heteroatoms. The highest BCUT2D eigenvalue weighted by molar-refractivity contribution is 5.71. The third-order valence-corrected chi connectivity index (χ3v) is 2.32. The second-order valence-electron chi connectivity index (χ2n) is 3.67. The van der Waals surface area contributed by atoms with Gasteiger partial charge in [0.05, 0.1) is 5.69 Å². The normalized spacial score (nSPS) is 10.6. The van der Waals surface area contributed by atoms with Gasteiger partial charge in [0.1, 0.15) is 5.65 Å². The van der Waals surface area contributed by atoms with Crippen LogP contribution in [0, 0.1) is 0 Å². The number of fused-ring (bicyclic) bond motifs is 1. The van der Waals surface area contributed by atoms with Gasteiger partial charge in [-0.2, -0.15) is 0 Å². The number of rotatable bonds is 5. The molecule has 17 heavy (non-hydrogen) atoms. The molecule has 0 aliphatic heterocycles. The Bertz CT molecular complexity index is 474. The molecule has 4 N–H and O–H groups in total. The number of hydrogen-bond donors (Lipinski definition) is 3. The zero-order valence-electron chi connectivity index (χ0n) is 9.39. The van der Waals surface area contributed by atoms with Crippen LogP contribution < -0.4 is 16.4 Å². The fourth-order valence-electron chi connectivity index (χ4n) is 1.56. The van der Waals surface area contributed by atoms with E-state index in [1.807, 2.05) is 35.0 Å². The number of nitrogens with two attached hydrogens (primary N) is 1. The highest BCUT2D eigenvalue weighted by atomic mass is 16.2. The van der Waals surface area contributed by atoms with Gasteiger partial charge in [0.15, 0.2) is 0 Å². The molecule has 0 saturated heterocycles. The molecule has 2 aromatic rings. The lowest BCUT2D eigenvalue weighted by Crippen LogP contribution is -2.35. The van der Waals surface area contributed by atoms with Crippen LogP contribution in [0.4, 0.5) is 4.79 Å². The second-order valence-corrected chi connectivity index (χ2v) is 3.67. The van der Waals surface area contributed by atoms with Gasteiger partial charge < -0.3 is 20.8 Å². The minimum Gasteiger partial charge on any atom is -0.352 e. The summed E-state index contributed by atoms with van der Waals surface area (Å²) in [6, 6.07) is 5.37. The maximum Gasteiger partial charge on any atom is 0.312 e. The Labute approximate surface area is 98.8 Å². The molecule has 0 saturated carbocycles. The minimum atomic E-state index is -0.500. The van der Waals surface area contributed by atoms with Crippen LogP contribution in [0.3, 0.4) is 0 Å². The number of primary amides is 1. The van der Waals surface area contributed by atoms with E-state index in [0.29, 0.717) is 19.6 Å². The Kier molecular flexibility index (Phi) is 3.56. The van der Waals surface area contributed by atoms with Crippen molar-refractivity contribution in [3.05, 3.63) is 36.3 Å². The van der Waals surface area contributed by atoms with Crippen molar-refractivity contribution in [2.75, 3.05) is 13.1 Å². The molecular formula is C11H15N5O. The van der Waals surface area contributed by atoms with E-state index in [2.05, 4.69) is 15.6 Å². The van der Waals surface area contributed by atoms with Crippen molar-refractivity contribution in [2.24, 2.45) is 5.73 Å². The molecule has 0 aromatic carbocycles. The van der Waals surface area contributed by atoms with Crippen LogP contribution in [-0.2, 0) is 6.54 Å². The van der Waals surface area contributed by atoms with Crippen molar-refractivity contribution >= 4 is 11.7 Å². The molecule has 0 aliphatic rings. The summed E-state index contributed by atoms with van der Waals surface area (Å²) in [5.74, 6) is 0. The molecule has 0 radical (unpaired) electrons. The van der Waals surface area contributed by atoms with Crippen molar-refractivity contribution in [2.45, 2.75) is 6.54 Å². The van der Waals surface area contributed by atoms with Gasteiger partial charge in [-0.05, 0) is 12.1 Å². The molecule has 0 fully saturated rings. The first-order valence-corrected chi connectivity index (χ1v) is 5.42. The maximum absolute atomic E-state index is 10.4. The number of pyridine rings is 1. The summed E-state index contributed by atoms with van der Waals surface area (Å²) in [6.45, 7) is 1.85. The molecule has 0 aliphatic carbocycles. The van der Waals surface area contributed by atoms with Gasteiger partial charge >= 0.3 is 6.03 Å². The number of carbonyl (C=O) groups is 1. The van der Waals surface area contributed by atoms with E-state index in [1.165, 1.54) is 0 Å². The average molecular weight is 233 g/mol. The first-order valence-electron chi connectivity index (χ1n) is 5.42. The van der Waals surface area contributed by atoms with E-state index < -0.39 is 6.03 Å². The fraction of sp³-hybridized carbons (Fsp3) is 0.273. The molecule has 0 atom stereocenters. The lowest BCUT2D eigenvalue weighted by molar-refractivity contribution is 0.249. The third-order valence-electron chi connectivity index (χ3n) is 2.32. The maximum atomic E-state index is 10.4. The van der Waals surface area contributed by atoms with Gasteiger partial charge in [-0.25, -0.2) is 9.78 Å². The van der Waals surface area contributed by atoms with Crippen molar-refractivity contribution in [1.29, 1.82) is 0 Å². The molecular weight excluding hydrogens is 218 g/mol. The first-order chi connectivity index (χ1) is 8.25. The highest BCUT2D eigenvalue weighted by Gasteiger charge is 1.99. The van der Waals surface area contributed by atoms with Crippen LogP contribution in [0.2, 0.25) is 0 Å². The zero-order valence-corrected chi connectivity index (χ0v) is 9.39. The van der Waals surface area contributed by atoms with E-state index in [9.17, 15) is 4.79 Å². The van der Waals surface area contributed by atoms with Gasteiger partial charge in [0.25, 0.3) is 0 Å². The largest absolute Gasteiger partial charge is 0.352 e. The van der Waals surface area contributed by atoms with Crippen molar-refractivity contribution < 1.29 is 4.79 Å². The van der Waals surface area contributed by atoms with Crippen LogP contribution in [0.15, 0.2) is 30.6 Å². The van der Waals surface area contributed by atoms with Crippen molar-refractivity contribution in [1.82, 2.24) is 20.0 Å². The lowest BCUT2D eigenvalue weighted by Gasteiger charge is -2.02. The van der Waals surface area contributed by atoms with Gasteiger partial charge in [-0.1, -0.05) is 6.07 Å². The Balaban J connectivity index is 1.81. The molecule has 2 heterocycles. The van der Waals surface area contributed by atoms with Crippen molar-refractivity contribution in [3.63, 3.8) is 0 Å². The predicted molar refractivity (Wildman–Crippen MR) is 64.5 cm³/mol. The molecule has 90 valence electrons. The van der Waals surface area contributed by atoms with Gasteiger partial charge in [-0.15, -0.1) is 0 Å². The highest BCUT2D eigenvalue weighted by Crippen LogP contribution is 2.03. The molecule has 2 amide bonds. The summed E-state index contributed by atoms with van der Waals surface area (Å²) in [5.41, 5.74) is 6.84. The van der Waals surface area contributed by atoms with Crippen LogP contribution in [0.5, 0.6) is 0 Å². The first kappa shape index (κ1) is 11.4. The Morgan fingerprint density at radius 3 is 3.06 bits per heavy atom. The molecule has 0 spiro atoms. The van der Waals surface area contributed by atoms with Crippen molar-refractivity contribution in [3.8, 4) is 0 Å². The average Bonchev–Trinajstić information content (AvgIpc) is 2.70. The molecule has 6 nitrogen and oxygen atoms in total. The van der Waals surface area contributed by atoms with E-state index >= 15 is 0 Å². The standard InChI is InChI=1S/C11H15N5O/c12-11(17)14-5-4-13-7-9-8-16-6-2-1-3-10(16)15-9/h1-3,6,8,13H,4-5,7H2,(H3,12,14,17). The van der Waals surface area contributed by atoms with Gasteiger partial charge in [0.2, 0.25) is 0 Å². The van der Waals surface area contributed by atoms with Gasteiger partial charge in [0, 0.05) is 32.0 Å². The summed E-state index contributed by atoms with van der Waals surface area (Å²) < 4.78 is 1.97. The van der Waals surface area contributed by atoms with Crippen LogP contribution in [-0.4, -0.2) is 28.5 Å². The topological polar surface area (TPSA) is 84.5 Å². The lowest BCUT2D eigenvalue weighted by atomic mass is 10.4. The number of amides is 2. The number of aromatic nitrogens is 2. The number of carbonyl (C=O) groups excluding carboxylic acids is 1. The Morgan fingerprint density at radius 1 is 1.41 bits per heavy atom. The predicted octanol–water partition coefficient (Wildman–Crippen LogP) is 0.0922. The van der Waals surface area contributed by atoms with Gasteiger partial charge in [-0.3, -0.25) is 0 Å². The zero-order chi connectivity index (χ0) is 12.1. The fourth-order valence-corrected chi connectivity index (χ4v) is 1.56. The summed E-state index contributed by atoms with van der Waals surface area (Å²) in [6.07, 6.45) is 3.93.